The third-order valence-electron chi connectivity index (χ3n) is 3.71. The molecule has 1 aromatic rings. The number of anilines is 1. The first-order valence-corrected chi connectivity index (χ1v) is 6.84. The van der Waals surface area contributed by atoms with Crippen LogP contribution < -0.4 is 11.5 Å². The molecule has 1 aliphatic heterocycles. The Morgan fingerprint density at radius 1 is 1.20 bits per heavy atom. The molecule has 110 valence electrons. The highest BCUT2D eigenvalue weighted by Crippen LogP contribution is 2.17. The van der Waals surface area contributed by atoms with E-state index in [0.29, 0.717) is 11.3 Å². The van der Waals surface area contributed by atoms with Gasteiger partial charge in [-0.25, -0.2) is 0 Å². The van der Waals surface area contributed by atoms with E-state index in [-0.39, 0.29) is 6.61 Å². The molecule has 1 heterocycles. The van der Waals surface area contributed by atoms with E-state index in [1.165, 1.54) is 0 Å². The molecule has 1 fully saturated rings. The van der Waals surface area contributed by atoms with Crippen LogP contribution in [0.3, 0.4) is 0 Å². The Hall–Kier alpha value is -1.63. The summed E-state index contributed by atoms with van der Waals surface area (Å²) in [5.41, 5.74) is 13.3. The number of nitrogens with two attached hydrogens (primary N) is 2. The van der Waals surface area contributed by atoms with E-state index < -0.39 is 5.91 Å². The molecule has 6 nitrogen and oxygen atoms in total. The van der Waals surface area contributed by atoms with Crippen LogP contribution in [0.2, 0.25) is 0 Å². The lowest BCUT2D eigenvalue weighted by molar-refractivity contribution is 0.1000. The van der Waals surface area contributed by atoms with Crippen LogP contribution in [0.1, 0.15) is 15.9 Å². The molecule has 1 saturated heterocycles. The van der Waals surface area contributed by atoms with Gasteiger partial charge in [-0.15, -0.1) is 0 Å². The highest BCUT2D eigenvalue weighted by Gasteiger charge is 2.17. The van der Waals surface area contributed by atoms with Gasteiger partial charge in [0.1, 0.15) is 0 Å². The number of β-amino-alcohol motifs (C(OH)–C–C–N with tert-alkyl or cyclic N) is 1. The van der Waals surface area contributed by atoms with E-state index >= 15 is 0 Å². The van der Waals surface area contributed by atoms with E-state index in [2.05, 4.69) is 9.80 Å². The summed E-state index contributed by atoms with van der Waals surface area (Å²) in [5.74, 6) is -0.458. The molecule has 1 aromatic carbocycles. The molecule has 1 aliphatic rings. The van der Waals surface area contributed by atoms with Crippen LogP contribution in [0.25, 0.3) is 0 Å². The van der Waals surface area contributed by atoms with Crippen LogP contribution in [0.15, 0.2) is 18.2 Å². The quantitative estimate of drug-likeness (QED) is 0.630. The summed E-state index contributed by atoms with van der Waals surface area (Å²) in [7, 11) is 0. The first-order chi connectivity index (χ1) is 9.60. The van der Waals surface area contributed by atoms with Crippen molar-refractivity contribution in [2.24, 2.45) is 5.73 Å². The van der Waals surface area contributed by atoms with Crippen LogP contribution in [-0.4, -0.2) is 60.1 Å². The number of nitrogen functional groups attached to an aromatic ring is 1. The van der Waals surface area contributed by atoms with Crippen molar-refractivity contribution < 1.29 is 9.90 Å². The van der Waals surface area contributed by atoms with Crippen LogP contribution in [0.4, 0.5) is 5.69 Å². The van der Waals surface area contributed by atoms with Gasteiger partial charge in [0.25, 0.3) is 0 Å². The second-order valence-corrected chi connectivity index (χ2v) is 5.12. The molecule has 0 aliphatic carbocycles. The van der Waals surface area contributed by atoms with Gasteiger partial charge < -0.3 is 16.6 Å². The predicted molar refractivity (Wildman–Crippen MR) is 78.2 cm³/mol. The van der Waals surface area contributed by atoms with Crippen LogP contribution in [-0.2, 0) is 6.54 Å². The van der Waals surface area contributed by atoms with Crippen LogP contribution in [0.5, 0.6) is 0 Å². The molecule has 1 amide bonds. The first kappa shape index (κ1) is 14.8. The van der Waals surface area contributed by atoms with Crippen molar-refractivity contribution in [1.82, 2.24) is 9.80 Å². The smallest absolute Gasteiger partial charge is 0.248 e. The Balaban J connectivity index is 1.93. The van der Waals surface area contributed by atoms with E-state index in [9.17, 15) is 4.79 Å². The average Bonchev–Trinajstić information content (AvgIpc) is 2.43. The topological polar surface area (TPSA) is 95.8 Å². The van der Waals surface area contributed by atoms with Gasteiger partial charge in [0, 0.05) is 50.5 Å². The monoisotopic (exact) mass is 278 g/mol. The zero-order valence-electron chi connectivity index (χ0n) is 11.6. The molecule has 6 heteroatoms. The standard InChI is InChI=1S/C14H22N4O2/c15-13-9-11(14(16)20)1-2-12(13)10-18-5-3-17(4-6-18)7-8-19/h1-2,9,19H,3-8,10,15H2,(H2,16,20). The van der Waals surface area contributed by atoms with E-state index in [1.54, 1.807) is 12.1 Å². The number of carbonyl (C=O) groups excluding carboxylic acids is 1. The number of hydrogen-bond acceptors (Lipinski definition) is 5. The fourth-order valence-corrected chi connectivity index (χ4v) is 2.45. The lowest BCUT2D eigenvalue weighted by Crippen LogP contribution is -2.46. The normalized spacial score (nSPS) is 17.2. The van der Waals surface area contributed by atoms with Crippen LogP contribution >= 0.6 is 0 Å². The van der Waals surface area contributed by atoms with Gasteiger partial charge in [-0.2, -0.15) is 0 Å². The Labute approximate surface area is 119 Å². The van der Waals surface area contributed by atoms with Gasteiger partial charge in [0.2, 0.25) is 5.91 Å². The number of benzene rings is 1. The zero-order valence-corrected chi connectivity index (χ0v) is 11.6. The molecule has 2 rings (SSSR count). The van der Waals surface area contributed by atoms with Gasteiger partial charge in [0.15, 0.2) is 0 Å². The fraction of sp³-hybridized carbons (Fsp3) is 0.500. The third-order valence-corrected chi connectivity index (χ3v) is 3.71. The highest BCUT2D eigenvalue weighted by molar-refractivity contribution is 5.93. The summed E-state index contributed by atoms with van der Waals surface area (Å²) in [6.07, 6.45) is 0. The maximum atomic E-state index is 11.1. The Bertz CT molecular complexity index is 470. The van der Waals surface area contributed by atoms with Crippen molar-refractivity contribution in [3.05, 3.63) is 29.3 Å². The summed E-state index contributed by atoms with van der Waals surface area (Å²) in [4.78, 5) is 15.7. The Morgan fingerprint density at radius 2 is 1.85 bits per heavy atom. The minimum Gasteiger partial charge on any atom is -0.398 e. The van der Waals surface area contributed by atoms with Crippen molar-refractivity contribution >= 4 is 11.6 Å². The molecule has 0 unspecified atom stereocenters. The van der Waals surface area contributed by atoms with E-state index in [0.717, 1.165) is 44.8 Å². The number of rotatable bonds is 5. The number of carbonyl (C=O) groups is 1. The average molecular weight is 278 g/mol. The molecule has 20 heavy (non-hydrogen) atoms. The molecule has 0 spiro atoms. The highest BCUT2D eigenvalue weighted by atomic mass is 16.3. The van der Waals surface area contributed by atoms with Gasteiger partial charge in [-0.3, -0.25) is 14.6 Å². The third kappa shape index (κ3) is 3.69. The largest absolute Gasteiger partial charge is 0.398 e. The van der Waals surface area contributed by atoms with Crippen molar-refractivity contribution in [3.63, 3.8) is 0 Å². The molecular weight excluding hydrogens is 256 g/mol. The number of hydrogen-bond donors (Lipinski definition) is 3. The van der Waals surface area contributed by atoms with Crippen molar-refractivity contribution in [3.8, 4) is 0 Å². The lowest BCUT2D eigenvalue weighted by atomic mass is 10.1. The summed E-state index contributed by atoms with van der Waals surface area (Å²) >= 11 is 0. The molecule has 0 atom stereocenters. The number of piperazine rings is 1. The minimum absolute atomic E-state index is 0.210. The maximum Gasteiger partial charge on any atom is 0.248 e. The molecule has 0 radical (unpaired) electrons. The van der Waals surface area contributed by atoms with Crippen molar-refractivity contribution in [2.75, 3.05) is 45.1 Å². The van der Waals surface area contributed by atoms with Crippen molar-refractivity contribution in [2.45, 2.75) is 6.54 Å². The number of aliphatic hydroxyl groups is 1. The molecule has 5 N–H and O–H groups in total. The fourth-order valence-electron chi connectivity index (χ4n) is 2.45. The number of aliphatic hydroxyl groups excluding tert-OH is 1. The van der Waals surface area contributed by atoms with Gasteiger partial charge in [-0.05, 0) is 17.7 Å². The molecule has 0 bridgehead atoms. The van der Waals surface area contributed by atoms with E-state index in [1.807, 2.05) is 6.07 Å². The van der Waals surface area contributed by atoms with Gasteiger partial charge in [0.05, 0.1) is 6.61 Å². The second kappa shape index (κ2) is 6.69. The molecule has 0 saturated carbocycles. The predicted octanol–water partition coefficient (Wildman–Crippen LogP) is -0.522. The SMILES string of the molecule is NC(=O)c1ccc(CN2CCN(CCO)CC2)c(N)c1. The van der Waals surface area contributed by atoms with Gasteiger partial charge >= 0.3 is 0 Å². The zero-order chi connectivity index (χ0) is 14.5. The summed E-state index contributed by atoms with van der Waals surface area (Å²) < 4.78 is 0. The Morgan fingerprint density at radius 3 is 2.40 bits per heavy atom. The minimum atomic E-state index is -0.458. The Kier molecular flexibility index (Phi) is 4.94. The number of primary amides is 1. The number of nitrogens with zero attached hydrogens (tertiary/aromatic N) is 2. The number of amides is 1. The van der Waals surface area contributed by atoms with E-state index in [4.69, 9.17) is 16.6 Å². The molecular formula is C14H22N4O2. The maximum absolute atomic E-state index is 11.1. The lowest BCUT2D eigenvalue weighted by Gasteiger charge is -2.34. The molecule has 0 aromatic heterocycles. The first-order valence-electron chi connectivity index (χ1n) is 6.84. The van der Waals surface area contributed by atoms with Crippen LogP contribution in [0, 0.1) is 0 Å². The summed E-state index contributed by atoms with van der Waals surface area (Å²) in [5, 5.41) is 8.92. The van der Waals surface area contributed by atoms with Gasteiger partial charge in [-0.1, -0.05) is 6.07 Å². The summed E-state index contributed by atoms with van der Waals surface area (Å²) in [6.45, 7) is 5.55. The van der Waals surface area contributed by atoms with Crippen molar-refractivity contribution in [1.29, 1.82) is 0 Å². The summed E-state index contributed by atoms with van der Waals surface area (Å²) in [6, 6.07) is 5.23. The second-order valence-electron chi connectivity index (χ2n) is 5.12.